The zero-order valence-electron chi connectivity index (χ0n) is 13.9. The first kappa shape index (κ1) is 15.7. The number of aromatic nitrogens is 1. The number of hydrogen-bond donors (Lipinski definition) is 1. The van der Waals surface area contributed by atoms with Crippen LogP contribution in [0, 0.1) is 0 Å². The molecule has 1 aromatic heterocycles. The molecule has 5 nitrogen and oxygen atoms in total. The monoisotopic (exact) mass is 336 g/mol. The molecule has 4 rings (SSSR count). The van der Waals surface area contributed by atoms with E-state index in [2.05, 4.69) is 17.4 Å². The van der Waals surface area contributed by atoms with Crippen molar-refractivity contribution in [2.24, 2.45) is 0 Å². The lowest BCUT2D eigenvalue weighted by Crippen LogP contribution is -2.32. The topological polar surface area (TPSA) is 64.2 Å². The quantitative estimate of drug-likeness (QED) is 0.796. The molecule has 1 heterocycles. The fraction of sp³-hybridized carbons (Fsp3) is 0.300. The average Bonchev–Trinajstić information content (AvgIpc) is 2.95. The van der Waals surface area contributed by atoms with Gasteiger partial charge in [-0.15, -0.1) is 0 Å². The summed E-state index contributed by atoms with van der Waals surface area (Å²) in [6, 6.07) is 15.6. The lowest BCUT2D eigenvalue weighted by molar-refractivity contribution is -0.122. The van der Waals surface area contributed by atoms with Gasteiger partial charge in [0.2, 0.25) is 5.91 Å². The minimum absolute atomic E-state index is 0.0427. The predicted octanol–water partition coefficient (Wildman–Crippen LogP) is 3.18. The predicted molar refractivity (Wildman–Crippen MR) is 95.4 cm³/mol. The summed E-state index contributed by atoms with van der Waals surface area (Å²) >= 11 is 0. The van der Waals surface area contributed by atoms with Crippen molar-refractivity contribution in [1.29, 1.82) is 0 Å². The highest BCUT2D eigenvalue weighted by Crippen LogP contribution is 2.29. The molecule has 1 aliphatic rings. The number of aryl methyl sites for hydroxylation is 2. The Morgan fingerprint density at radius 2 is 1.96 bits per heavy atom. The maximum Gasteiger partial charge on any atom is 0.419 e. The third-order valence-electron chi connectivity index (χ3n) is 4.84. The smallest absolute Gasteiger partial charge is 0.408 e. The van der Waals surface area contributed by atoms with Crippen molar-refractivity contribution in [1.82, 2.24) is 9.88 Å². The Morgan fingerprint density at radius 1 is 1.16 bits per heavy atom. The Labute approximate surface area is 145 Å². The van der Waals surface area contributed by atoms with E-state index in [1.165, 1.54) is 15.7 Å². The molecule has 0 unspecified atom stereocenters. The summed E-state index contributed by atoms with van der Waals surface area (Å²) in [6.07, 6.45) is 3.35. The lowest BCUT2D eigenvalue weighted by atomic mass is 9.88. The third-order valence-corrected chi connectivity index (χ3v) is 4.84. The van der Waals surface area contributed by atoms with E-state index in [1.54, 1.807) is 6.07 Å². The van der Waals surface area contributed by atoms with Crippen LogP contribution in [0.4, 0.5) is 0 Å². The van der Waals surface area contributed by atoms with Crippen molar-refractivity contribution in [3.8, 4) is 0 Å². The molecule has 0 radical (unpaired) electrons. The molecule has 1 atom stereocenters. The number of hydrogen-bond acceptors (Lipinski definition) is 3. The van der Waals surface area contributed by atoms with Crippen molar-refractivity contribution in [2.75, 3.05) is 0 Å². The van der Waals surface area contributed by atoms with E-state index in [0.29, 0.717) is 12.1 Å². The van der Waals surface area contributed by atoms with Crippen molar-refractivity contribution in [2.45, 2.75) is 38.3 Å². The van der Waals surface area contributed by atoms with Gasteiger partial charge in [0.15, 0.2) is 5.58 Å². The lowest BCUT2D eigenvalue weighted by Gasteiger charge is -2.26. The van der Waals surface area contributed by atoms with Crippen LogP contribution >= 0.6 is 0 Å². The average molecular weight is 336 g/mol. The summed E-state index contributed by atoms with van der Waals surface area (Å²) in [5.41, 5.74) is 3.81. The maximum absolute atomic E-state index is 12.4. The standard InChI is InChI=1S/C20H20N2O3/c23-19(21-16-9-5-7-14-6-1-2-8-15(14)16)12-13-22-17-10-3-4-11-18(17)25-20(22)24/h1-4,6,8,10-11,16H,5,7,9,12-13H2,(H,21,23)/t16-/m1/s1. The number of para-hydroxylation sites is 2. The third kappa shape index (κ3) is 3.09. The van der Waals surface area contributed by atoms with Gasteiger partial charge in [0, 0.05) is 13.0 Å². The largest absolute Gasteiger partial charge is 0.419 e. The molecular formula is C20H20N2O3. The van der Waals surface area contributed by atoms with E-state index in [0.717, 1.165) is 24.8 Å². The van der Waals surface area contributed by atoms with Crippen LogP contribution in [-0.2, 0) is 17.8 Å². The van der Waals surface area contributed by atoms with E-state index in [1.807, 2.05) is 30.3 Å². The Bertz CT molecular complexity index is 970. The second kappa shape index (κ2) is 6.59. The summed E-state index contributed by atoms with van der Waals surface area (Å²) in [4.78, 5) is 24.4. The molecule has 0 fully saturated rings. The normalized spacial score (nSPS) is 16.6. The van der Waals surface area contributed by atoms with Crippen molar-refractivity contribution in [3.05, 3.63) is 70.2 Å². The first-order chi connectivity index (χ1) is 12.2. The number of amides is 1. The minimum Gasteiger partial charge on any atom is -0.408 e. The molecular weight excluding hydrogens is 316 g/mol. The van der Waals surface area contributed by atoms with Crippen LogP contribution in [0.5, 0.6) is 0 Å². The summed E-state index contributed by atoms with van der Waals surface area (Å²) < 4.78 is 6.72. The highest BCUT2D eigenvalue weighted by Gasteiger charge is 2.21. The van der Waals surface area contributed by atoms with Crippen LogP contribution in [-0.4, -0.2) is 10.5 Å². The van der Waals surface area contributed by atoms with E-state index in [9.17, 15) is 9.59 Å². The molecule has 0 aliphatic heterocycles. The van der Waals surface area contributed by atoms with Crippen LogP contribution in [0.2, 0.25) is 0 Å². The van der Waals surface area contributed by atoms with Gasteiger partial charge in [0.05, 0.1) is 11.6 Å². The van der Waals surface area contributed by atoms with Gasteiger partial charge in [-0.3, -0.25) is 9.36 Å². The highest BCUT2D eigenvalue weighted by molar-refractivity contribution is 5.77. The summed E-state index contributed by atoms with van der Waals surface area (Å²) in [7, 11) is 0. The van der Waals surface area contributed by atoms with Crippen molar-refractivity contribution in [3.63, 3.8) is 0 Å². The molecule has 1 amide bonds. The Hall–Kier alpha value is -2.82. The highest BCUT2D eigenvalue weighted by atomic mass is 16.4. The first-order valence-electron chi connectivity index (χ1n) is 8.68. The number of oxazole rings is 1. The second-order valence-corrected chi connectivity index (χ2v) is 6.45. The van der Waals surface area contributed by atoms with Gasteiger partial charge in [-0.1, -0.05) is 36.4 Å². The van der Waals surface area contributed by atoms with Crippen LogP contribution in [0.25, 0.3) is 11.1 Å². The number of carbonyl (C=O) groups excluding carboxylic acids is 1. The molecule has 128 valence electrons. The molecule has 0 saturated carbocycles. The zero-order valence-corrected chi connectivity index (χ0v) is 13.9. The fourth-order valence-electron chi connectivity index (χ4n) is 3.61. The molecule has 3 aromatic rings. The molecule has 25 heavy (non-hydrogen) atoms. The molecule has 0 spiro atoms. The van der Waals surface area contributed by atoms with E-state index >= 15 is 0 Å². The Kier molecular flexibility index (Phi) is 4.14. The van der Waals surface area contributed by atoms with Crippen molar-refractivity contribution < 1.29 is 9.21 Å². The van der Waals surface area contributed by atoms with Crippen LogP contribution < -0.4 is 11.1 Å². The van der Waals surface area contributed by atoms with Crippen LogP contribution in [0.1, 0.15) is 36.4 Å². The van der Waals surface area contributed by atoms with E-state index < -0.39 is 5.76 Å². The molecule has 5 heteroatoms. The SMILES string of the molecule is O=C(CCn1c(=O)oc2ccccc21)N[C@@H]1CCCc2ccccc21. The molecule has 0 bridgehead atoms. The number of benzene rings is 2. The zero-order chi connectivity index (χ0) is 17.2. The fourth-order valence-corrected chi connectivity index (χ4v) is 3.61. The molecule has 2 aromatic carbocycles. The number of nitrogens with zero attached hydrogens (tertiary/aromatic N) is 1. The van der Waals surface area contributed by atoms with Gasteiger partial charge in [0.25, 0.3) is 0 Å². The molecule has 0 saturated heterocycles. The summed E-state index contributed by atoms with van der Waals surface area (Å²) in [5.74, 6) is -0.462. The van der Waals surface area contributed by atoms with E-state index in [-0.39, 0.29) is 18.4 Å². The summed E-state index contributed by atoms with van der Waals surface area (Å²) in [6.45, 7) is 0.316. The van der Waals surface area contributed by atoms with Gasteiger partial charge in [-0.05, 0) is 42.5 Å². The van der Waals surface area contributed by atoms with Crippen molar-refractivity contribution >= 4 is 17.0 Å². The van der Waals surface area contributed by atoms with E-state index in [4.69, 9.17) is 4.42 Å². The second-order valence-electron chi connectivity index (χ2n) is 6.45. The first-order valence-corrected chi connectivity index (χ1v) is 8.68. The van der Waals surface area contributed by atoms with Crippen LogP contribution in [0.15, 0.2) is 57.7 Å². The van der Waals surface area contributed by atoms with Gasteiger partial charge in [0.1, 0.15) is 0 Å². The number of carbonyl (C=O) groups is 1. The van der Waals surface area contributed by atoms with Gasteiger partial charge >= 0.3 is 5.76 Å². The van der Waals surface area contributed by atoms with Gasteiger partial charge < -0.3 is 9.73 Å². The summed E-state index contributed by atoms with van der Waals surface area (Å²) in [5, 5.41) is 3.12. The number of nitrogens with one attached hydrogen (secondary N) is 1. The Balaban J connectivity index is 1.45. The number of fused-ring (bicyclic) bond motifs is 2. The Morgan fingerprint density at radius 3 is 2.88 bits per heavy atom. The molecule has 1 aliphatic carbocycles. The minimum atomic E-state index is -0.419. The van der Waals surface area contributed by atoms with Gasteiger partial charge in [-0.25, -0.2) is 4.79 Å². The maximum atomic E-state index is 12.4. The van der Waals surface area contributed by atoms with Gasteiger partial charge in [-0.2, -0.15) is 0 Å². The van der Waals surface area contributed by atoms with Crippen LogP contribution in [0.3, 0.4) is 0 Å². The molecule has 1 N–H and O–H groups in total. The number of rotatable bonds is 4.